The molecule has 0 saturated heterocycles. The average Bonchev–Trinajstić information content (AvgIpc) is 2.18. The Morgan fingerprint density at radius 3 is 2.47 bits per heavy atom. The third-order valence-corrected chi connectivity index (χ3v) is 2.36. The Balaban J connectivity index is 2.99. The Kier molecular flexibility index (Phi) is 3.97. The highest BCUT2D eigenvalue weighted by atomic mass is 16.1. The summed E-state index contributed by atoms with van der Waals surface area (Å²) in [5, 5.41) is 0. The van der Waals surface area contributed by atoms with Crippen molar-refractivity contribution in [2.45, 2.75) is 19.9 Å². The Morgan fingerprint density at radius 1 is 1.40 bits per heavy atom. The highest BCUT2D eigenvalue weighted by molar-refractivity contribution is 5.86. The minimum absolute atomic E-state index is 0.0395. The Bertz CT molecular complexity index is 320. The lowest BCUT2D eigenvalue weighted by Gasteiger charge is -2.24. The number of carbonyl (C=O) groups is 1. The molecule has 1 heterocycles. The summed E-state index contributed by atoms with van der Waals surface area (Å²) < 4.78 is 0. The lowest BCUT2D eigenvalue weighted by Crippen LogP contribution is -2.30. The molecule has 1 aromatic rings. The number of hydrogen-bond acceptors (Lipinski definition) is 3. The van der Waals surface area contributed by atoms with Crippen molar-refractivity contribution in [1.29, 1.82) is 0 Å². The van der Waals surface area contributed by atoms with Gasteiger partial charge in [-0.05, 0) is 25.7 Å². The maximum absolute atomic E-state index is 12.0. The Hall–Kier alpha value is -1.22. The molecule has 0 saturated carbocycles. The van der Waals surface area contributed by atoms with Gasteiger partial charge in [-0.25, -0.2) is 0 Å². The van der Waals surface area contributed by atoms with Crippen molar-refractivity contribution in [2.75, 3.05) is 14.1 Å². The van der Waals surface area contributed by atoms with Crippen molar-refractivity contribution in [3.8, 4) is 0 Å². The summed E-state index contributed by atoms with van der Waals surface area (Å²) in [5.41, 5.74) is 0.959. The predicted molar refractivity (Wildman–Crippen MR) is 60.5 cm³/mol. The third-order valence-electron chi connectivity index (χ3n) is 2.36. The monoisotopic (exact) mass is 206 g/mol. The van der Waals surface area contributed by atoms with Crippen LogP contribution in [0, 0.1) is 5.92 Å². The van der Waals surface area contributed by atoms with Gasteiger partial charge in [-0.15, -0.1) is 0 Å². The van der Waals surface area contributed by atoms with Gasteiger partial charge in [0, 0.05) is 18.3 Å². The molecule has 0 spiro atoms. The Labute approximate surface area is 91.1 Å². The number of Topliss-reactive ketones (excluding diaryl/α,β-unsaturated/α-hetero) is 1. The maximum Gasteiger partial charge on any atom is 0.157 e. The number of likely N-dealkylation sites (N-methyl/N-ethyl adjacent to an activating group) is 1. The smallest absolute Gasteiger partial charge is 0.157 e. The molecule has 82 valence electrons. The molecule has 0 aliphatic carbocycles. The average molecular weight is 206 g/mol. The minimum Gasteiger partial charge on any atom is -0.297 e. The van der Waals surface area contributed by atoms with E-state index in [2.05, 4.69) is 4.98 Å². The fourth-order valence-corrected chi connectivity index (χ4v) is 1.57. The first kappa shape index (κ1) is 11.9. The van der Waals surface area contributed by atoms with Gasteiger partial charge in [0.15, 0.2) is 5.78 Å². The number of ketones is 1. The molecule has 1 aromatic heterocycles. The fraction of sp³-hybridized carbons (Fsp3) is 0.500. The Morgan fingerprint density at radius 2 is 2.07 bits per heavy atom. The molecule has 1 unspecified atom stereocenters. The molecule has 3 nitrogen and oxygen atoms in total. The van der Waals surface area contributed by atoms with Crippen LogP contribution in [0.5, 0.6) is 0 Å². The summed E-state index contributed by atoms with van der Waals surface area (Å²) in [7, 11) is 3.83. The first-order valence-corrected chi connectivity index (χ1v) is 5.14. The van der Waals surface area contributed by atoms with Gasteiger partial charge in [0.05, 0.1) is 6.04 Å². The molecule has 1 atom stereocenters. The second-order valence-corrected chi connectivity index (χ2v) is 4.21. The van der Waals surface area contributed by atoms with Crippen molar-refractivity contribution in [3.05, 3.63) is 30.1 Å². The van der Waals surface area contributed by atoms with E-state index in [1.807, 2.05) is 45.0 Å². The SMILES string of the molecule is CC(C)C(=O)C(c1cccnc1)N(C)C. The van der Waals surface area contributed by atoms with E-state index in [9.17, 15) is 4.79 Å². The molecule has 0 fully saturated rings. The molecule has 0 aromatic carbocycles. The van der Waals surface area contributed by atoms with E-state index in [0.29, 0.717) is 0 Å². The topological polar surface area (TPSA) is 33.2 Å². The van der Waals surface area contributed by atoms with E-state index in [0.717, 1.165) is 5.56 Å². The standard InChI is InChI=1S/C12H18N2O/c1-9(2)12(15)11(14(3)4)10-6-5-7-13-8-10/h5-9,11H,1-4H3. The van der Waals surface area contributed by atoms with Gasteiger partial charge in [0.25, 0.3) is 0 Å². The number of nitrogens with zero attached hydrogens (tertiary/aromatic N) is 2. The lowest BCUT2D eigenvalue weighted by molar-refractivity contribution is -0.126. The quantitative estimate of drug-likeness (QED) is 0.754. The van der Waals surface area contributed by atoms with Crippen LogP contribution in [0.2, 0.25) is 0 Å². The predicted octanol–water partition coefficient (Wildman–Crippen LogP) is 1.91. The molecule has 0 N–H and O–H groups in total. The summed E-state index contributed by atoms with van der Waals surface area (Å²) in [4.78, 5) is 18.0. The summed E-state index contributed by atoms with van der Waals surface area (Å²) in [6.45, 7) is 3.85. The first-order valence-electron chi connectivity index (χ1n) is 5.14. The molecule has 1 rings (SSSR count). The number of aromatic nitrogens is 1. The normalized spacial score (nSPS) is 13.2. The van der Waals surface area contributed by atoms with Gasteiger partial charge in [0.1, 0.15) is 0 Å². The van der Waals surface area contributed by atoms with Crippen LogP contribution in [-0.2, 0) is 4.79 Å². The fourth-order valence-electron chi connectivity index (χ4n) is 1.57. The summed E-state index contributed by atoms with van der Waals surface area (Å²) in [6, 6.07) is 3.62. The van der Waals surface area contributed by atoms with Crippen LogP contribution in [0.15, 0.2) is 24.5 Å². The molecule has 0 aliphatic heterocycles. The zero-order chi connectivity index (χ0) is 11.4. The first-order chi connectivity index (χ1) is 7.04. The van der Waals surface area contributed by atoms with Crippen LogP contribution >= 0.6 is 0 Å². The van der Waals surface area contributed by atoms with E-state index in [1.54, 1.807) is 12.4 Å². The van der Waals surface area contributed by atoms with Crippen LogP contribution in [0.3, 0.4) is 0 Å². The number of carbonyl (C=O) groups excluding carboxylic acids is 1. The van der Waals surface area contributed by atoms with Gasteiger partial charge < -0.3 is 0 Å². The summed E-state index contributed by atoms with van der Waals surface area (Å²) in [5.74, 6) is 0.269. The zero-order valence-electron chi connectivity index (χ0n) is 9.77. The molecule has 0 aliphatic rings. The van der Waals surface area contributed by atoms with Crippen molar-refractivity contribution < 1.29 is 4.79 Å². The number of rotatable bonds is 4. The van der Waals surface area contributed by atoms with Gasteiger partial charge in [-0.2, -0.15) is 0 Å². The summed E-state index contributed by atoms with van der Waals surface area (Å²) >= 11 is 0. The number of pyridine rings is 1. The van der Waals surface area contributed by atoms with Crippen LogP contribution in [0.25, 0.3) is 0 Å². The van der Waals surface area contributed by atoms with Crippen LogP contribution in [-0.4, -0.2) is 29.8 Å². The molecular weight excluding hydrogens is 188 g/mol. The van der Waals surface area contributed by atoms with Crippen molar-refractivity contribution >= 4 is 5.78 Å². The minimum atomic E-state index is -0.182. The van der Waals surface area contributed by atoms with E-state index in [1.165, 1.54) is 0 Å². The molecule has 0 bridgehead atoms. The van der Waals surface area contributed by atoms with Gasteiger partial charge in [-0.3, -0.25) is 14.7 Å². The van der Waals surface area contributed by atoms with Crippen LogP contribution in [0.1, 0.15) is 25.5 Å². The van der Waals surface area contributed by atoms with Crippen molar-refractivity contribution in [3.63, 3.8) is 0 Å². The van der Waals surface area contributed by atoms with E-state index in [-0.39, 0.29) is 17.7 Å². The highest BCUT2D eigenvalue weighted by Crippen LogP contribution is 2.21. The van der Waals surface area contributed by atoms with Crippen LogP contribution < -0.4 is 0 Å². The zero-order valence-corrected chi connectivity index (χ0v) is 9.77. The van der Waals surface area contributed by atoms with E-state index >= 15 is 0 Å². The number of hydrogen-bond donors (Lipinski definition) is 0. The van der Waals surface area contributed by atoms with Gasteiger partial charge >= 0.3 is 0 Å². The molecule has 3 heteroatoms. The molecular formula is C12H18N2O. The van der Waals surface area contributed by atoms with E-state index < -0.39 is 0 Å². The van der Waals surface area contributed by atoms with Crippen LogP contribution in [0.4, 0.5) is 0 Å². The lowest BCUT2D eigenvalue weighted by atomic mass is 9.96. The molecule has 0 radical (unpaired) electrons. The highest BCUT2D eigenvalue weighted by Gasteiger charge is 2.24. The molecule has 0 amide bonds. The third kappa shape index (κ3) is 2.86. The maximum atomic E-state index is 12.0. The van der Waals surface area contributed by atoms with Crippen molar-refractivity contribution in [2.24, 2.45) is 5.92 Å². The van der Waals surface area contributed by atoms with Crippen molar-refractivity contribution in [1.82, 2.24) is 9.88 Å². The van der Waals surface area contributed by atoms with Gasteiger partial charge in [0.2, 0.25) is 0 Å². The second-order valence-electron chi connectivity index (χ2n) is 4.21. The second kappa shape index (κ2) is 5.03. The van der Waals surface area contributed by atoms with Gasteiger partial charge in [-0.1, -0.05) is 19.9 Å². The van der Waals surface area contributed by atoms with E-state index in [4.69, 9.17) is 0 Å². The summed E-state index contributed by atoms with van der Waals surface area (Å²) in [6.07, 6.45) is 3.47. The molecule has 15 heavy (non-hydrogen) atoms. The largest absolute Gasteiger partial charge is 0.297 e.